The van der Waals surface area contributed by atoms with Crippen molar-refractivity contribution in [2.75, 3.05) is 13.2 Å². The third-order valence-corrected chi connectivity index (χ3v) is 8.95. The highest BCUT2D eigenvalue weighted by molar-refractivity contribution is 6.74. The summed E-state index contributed by atoms with van der Waals surface area (Å²) >= 11 is 0. The summed E-state index contributed by atoms with van der Waals surface area (Å²) in [7, 11) is -2.09. The molecule has 1 N–H and O–H groups in total. The van der Waals surface area contributed by atoms with E-state index < -0.39 is 26.0 Å². The molecule has 0 saturated heterocycles. The van der Waals surface area contributed by atoms with Gasteiger partial charge in [-0.15, -0.1) is 5.10 Å². The quantitative estimate of drug-likeness (QED) is 0.376. The van der Waals surface area contributed by atoms with E-state index >= 15 is 0 Å². The Bertz CT molecular complexity index is 702. The van der Waals surface area contributed by atoms with Gasteiger partial charge in [0.25, 0.3) is 8.32 Å². The van der Waals surface area contributed by atoms with Gasteiger partial charge in [0.05, 0.1) is 6.61 Å². The summed E-state index contributed by atoms with van der Waals surface area (Å²) in [5.74, 6) is -0.00932. The number of alkyl carbamates (subject to hydrolysis) is 1. The summed E-state index contributed by atoms with van der Waals surface area (Å²) in [5, 5.41) is 7.19. The topological polar surface area (TPSA) is 91.7 Å². The summed E-state index contributed by atoms with van der Waals surface area (Å²) in [6, 6.07) is 1.64. The van der Waals surface area contributed by atoms with Crippen molar-refractivity contribution in [3.8, 4) is 5.88 Å². The molecule has 1 aromatic heterocycles. The van der Waals surface area contributed by atoms with Gasteiger partial charge >= 0.3 is 12.1 Å². The molecule has 0 spiro atoms. The number of aromatic nitrogens is 2. The predicted molar refractivity (Wildman–Crippen MR) is 115 cm³/mol. The molecule has 0 atom stereocenters. The van der Waals surface area contributed by atoms with Crippen LogP contribution in [-0.2, 0) is 16.0 Å². The predicted octanol–water partition coefficient (Wildman–Crippen LogP) is 4.36. The number of carbonyl (C=O) groups excluding carboxylic acids is 2. The summed E-state index contributed by atoms with van der Waals surface area (Å²) < 4.78 is 18.2. The minimum Gasteiger partial charge on any atom is -0.530 e. The number of rotatable bonds is 8. The lowest BCUT2D eigenvalue weighted by Gasteiger charge is -2.35. The van der Waals surface area contributed by atoms with Crippen LogP contribution < -0.4 is 9.74 Å². The first kappa shape index (κ1) is 25.0. The van der Waals surface area contributed by atoms with Crippen LogP contribution in [0.5, 0.6) is 5.88 Å². The zero-order valence-corrected chi connectivity index (χ0v) is 20.3. The highest BCUT2D eigenvalue weighted by Crippen LogP contribution is 2.37. The number of nitrogens with one attached hydrogen (secondary N) is 1. The number of carbonyl (C=O) groups is 2. The smallest absolute Gasteiger partial charge is 0.407 e. The molecule has 0 fully saturated rings. The third-order valence-electron chi connectivity index (χ3n) is 4.62. The molecule has 1 aromatic rings. The van der Waals surface area contributed by atoms with Crippen LogP contribution >= 0.6 is 0 Å². The van der Waals surface area contributed by atoms with Gasteiger partial charge in [-0.1, -0.05) is 20.8 Å². The second-order valence-corrected chi connectivity index (χ2v) is 14.2. The van der Waals surface area contributed by atoms with Gasteiger partial charge in [-0.2, -0.15) is 0 Å². The lowest BCUT2D eigenvalue weighted by Crippen LogP contribution is -2.44. The van der Waals surface area contributed by atoms with Crippen molar-refractivity contribution in [1.29, 1.82) is 0 Å². The molecule has 0 aliphatic carbocycles. The number of esters is 1. The van der Waals surface area contributed by atoms with Gasteiger partial charge < -0.3 is 19.2 Å². The molecule has 1 heterocycles. The average molecular weight is 428 g/mol. The monoisotopic (exact) mass is 427 g/mol. The maximum Gasteiger partial charge on any atom is 0.407 e. The van der Waals surface area contributed by atoms with Gasteiger partial charge in [-0.05, 0) is 52.2 Å². The van der Waals surface area contributed by atoms with Gasteiger partial charge in [0.15, 0.2) is 0 Å². The Hall–Kier alpha value is -2.03. The van der Waals surface area contributed by atoms with E-state index in [-0.39, 0.29) is 11.6 Å². The molecule has 8 nitrogen and oxygen atoms in total. The van der Waals surface area contributed by atoms with Gasteiger partial charge in [-0.3, -0.25) is 4.68 Å². The molecule has 0 saturated carbocycles. The van der Waals surface area contributed by atoms with E-state index in [1.165, 1.54) is 0 Å². The van der Waals surface area contributed by atoms with Crippen molar-refractivity contribution in [3.05, 3.63) is 11.8 Å². The van der Waals surface area contributed by atoms with Crippen LogP contribution in [0.2, 0.25) is 18.1 Å². The Morgan fingerprint density at radius 1 is 1.17 bits per heavy atom. The Labute approximate surface area is 175 Å². The van der Waals surface area contributed by atoms with Crippen LogP contribution in [0, 0.1) is 0 Å². The normalized spacial score (nSPS) is 12.4. The first-order valence-electron chi connectivity index (χ1n) is 10.1. The second kappa shape index (κ2) is 9.64. The molecule has 29 heavy (non-hydrogen) atoms. The Kier molecular flexibility index (Phi) is 8.32. The zero-order valence-electron chi connectivity index (χ0n) is 19.3. The van der Waals surface area contributed by atoms with Crippen LogP contribution in [0.15, 0.2) is 6.07 Å². The number of hydrogen-bond acceptors (Lipinski definition) is 6. The van der Waals surface area contributed by atoms with Crippen LogP contribution in [0.4, 0.5) is 4.79 Å². The molecule has 0 bridgehead atoms. The fraction of sp³-hybridized carbons (Fsp3) is 0.750. The molecule has 9 heteroatoms. The highest BCUT2D eigenvalue weighted by atomic mass is 28.4. The lowest BCUT2D eigenvalue weighted by atomic mass is 10.2. The molecule has 1 rings (SSSR count). The van der Waals surface area contributed by atoms with Gasteiger partial charge in [0.2, 0.25) is 5.88 Å². The van der Waals surface area contributed by atoms with Crippen molar-refractivity contribution in [2.24, 2.45) is 0 Å². The van der Waals surface area contributed by atoms with Crippen LogP contribution in [0.3, 0.4) is 0 Å². The highest BCUT2D eigenvalue weighted by Gasteiger charge is 2.39. The fourth-order valence-electron chi connectivity index (χ4n) is 2.13. The van der Waals surface area contributed by atoms with Crippen molar-refractivity contribution in [3.63, 3.8) is 0 Å². The first-order chi connectivity index (χ1) is 13.2. The first-order valence-corrected chi connectivity index (χ1v) is 13.0. The van der Waals surface area contributed by atoms with E-state index in [0.717, 1.165) is 0 Å². The van der Waals surface area contributed by atoms with Gasteiger partial charge in [-0.25, -0.2) is 9.59 Å². The zero-order chi connectivity index (χ0) is 22.5. The minimum absolute atomic E-state index is 0.0121. The minimum atomic E-state index is -2.09. The summed E-state index contributed by atoms with van der Waals surface area (Å²) in [5.41, 5.74) is -0.197. The molecule has 1 amide bonds. The molecule has 0 radical (unpaired) electrons. The SMILES string of the molecule is CCOC(=O)c1cc(O[Si](C)(C)C(C)(C)C)nn1CCCNC(=O)OC(C)(C)C. The van der Waals surface area contributed by atoms with Gasteiger partial charge in [0.1, 0.15) is 11.3 Å². The van der Waals surface area contributed by atoms with Crippen LogP contribution in [0.1, 0.15) is 65.4 Å². The van der Waals surface area contributed by atoms with E-state index in [2.05, 4.69) is 44.3 Å². The van der Waals surface area contributed by atoms with E-state index in [1.807, 2.05) is 20.8 Å². The fourth-order valence-corrected chi connectivity index (χ4v) is 3.06. The number of hydrogen-bond donors (Lipinski definition) is 1. The maximum absolute atomic E-state index is 12.3. The number of ether oxygens (including phenoxy) is 2. The standard InChI is InChI=1S/C20H37N3O5Si/c1-10-26-17(24)15-14-16(28-29(8,9)20(5,6)7)22-23(15)13-11-12-21-18(25)27-19(2,3)4/h14H,10-13H2,1-9H3,(H,21,25). The van der Waals surface area contributed by atoms with Crippen molar-refractivity contribution >= 4 is 20.4 Å². The van der Waals surface area contributed by atoms with Crippen molar-refractivity contribution in [2.45, 2.75) is 85.2 Å². The number of amides is 1. The Morgan fingerprint density at radius 2 is 1.79 bits per heavy atom. The number of aryl methyl sites for hydroxylation is 1. The third kappa shape index (κ3) is 8.08. The second-order valence-electron chi connectivity index (χ2n) is 9.46. The lowest BCUT2D eigenvalue weighted by molar-refractivity contribution is 0.0501. The average Bonchev–Trinajstić information content (AvgIpc) is 2.91. The van der Waals surface area contributed by atoms with Crippen molar-refractivity contribution in [1.82, 2.24) is 15.1 Å². The largest absolute Gasteiger partial charge is 0.530 e. The van der Waals surface area contributed by atoms with E-state index in [4.69, 9.17) is 13.9 Å². The molecule has 0 aliphatic rings. The molecule has 0 unspecified atom stereocenters. The Morgan fingerprint density at radius 3 is 2.31 bits per heavy atom. The van der Waals surface area contributed by atoms with Crippen LogP contribution in [0.25, 0.3) is 0 Å². The van der Waals surface area contributed by atoms with Gasteiger partial charge in [0, 0.05) is 19.2 Å². The number of nitrogens with zero attached hydrogens (tertiary/aromatic N) is 2. The van der Waals surface area contributed by atoms with Crippen LogP contribution in [-0.4, -0.2) is 48.9 Å². The molecular formula is C20H37N3O5Si. The summed E-state index contributed by atoms with van der Waals surface area (Å²) in [6.07, 6.45) is 0.109. The summed E-state index contributed by atoms with van der Waals surface area (Å²) in [6.45, 7) is 19.0. The molecule has 0 aliphatic heterocycles. The molecular weight excluding hydrogens is 390 g/mol. The van der Waals surface area contributed by atoms with Crippen molar-refractivity contribution < 1.29 is 23.5 Å². The molecule has 0 aromatic carbocycles. The Balaban J connectivity index is 2.83. The molecule has 166 valence electrons. The van der Waals surface area contributed by atoms with E-state index in [1.54, 1.807) is 17.7 Å². The summed E-state index contributed by atoms with van der Waals surface area (Å²) in [4.78, 5) is 24.1. The maximum atomic E-state index is 12.3. The van der Waals surface area contributed by atoms with E-state index in [0.29, 0.717) is 31.1 Å². The van der Waals surface area contributed by atoms with E-state index in [9.17, 15) is 9.59 Å².